The molecule has 0 unspecified atom stereocenters. The van der Waals surface area contributed by atoms with E-state index in [2.05, 4.69) is 0 Å². The van der Waals surface area contributed by atoms with Crippen molar-refractivity contribution in [2.24, 2.45) is 0 Å². The van der Waals surface area contributed by atoms with Gasteiger partial charge in [0.2, 0.25) is 0 Å². The maximum atomic E-state index is 13.4. The fraction of sp³-hybridized carbons (Fsp3) is 0.278. The quantitative estimate of drug-likeness (QED) is 0.575. The lowest BCUT2D eigenvalue weighted by Crippen LogP contribution is -2.18. The minimum absolute atomic E-state index is 0.114. The van der Waals surface area contributed by atoms with E-state index in [1.807, 2.05) is 26.8 Å². The summed E-state index contributed by atoms with van der Waals surface area (Å²) in [7, 11) is 0. The van der Waals surface area contributed by atoms with Crippen molar-refractivity contribution >= 4 is 17.6 Å². The zero-order valence-corrected chi connectivity index (χ0v) is 14.0. The van der Waals surface area contributed by atoms with E-state index in [-0.39, 0.29) is 18.3 Å². The number of carbonyl (C=O) groups excluding carboxylic acids is 1. The van der Waals surface area contributed by atoms with E-state index in [1.165, 1.54) is 18.2 Å². The van der Waals surface area contributed by atoms with E-state index in [4.69, 9.17) is 21.1 Å². The Balaban J connectivity index is 2.04. The Hall–Kier alpha value is -2.07. The summed E-state index contributed by atoms with van der Waals surface area (Å²) in [4.78, 5) is 11.8. The van der Waals surface area contributed by atoms with Crippen molar-refractivity contribution < 1.29 is 18.7 Å². The van der Waals surface area contributed by atoms with Crippen molar-refractivity contribution in [3.05, 3.63) is 58.4 Å². The van der Waals surface area contributed by atoms with Crippen LogP contribution in [-0.4, -0.2) is 12.6 Å². The van der Waals surface area contributed by atoms with E-state index in [0.717, 1.165) is 11.1 Å². The summed E-state index contributed by atoms with van der Waals surface area (Å²) in [6.07, 6.45) is 0. The molecule has 0 radical (unpaired) electrons. The summed E-state index contributed by atoms with van der Waals surface area (Å²) < 4.78 is 23.9. The highest BCUT2D eigenvalue weighted by Gasteiger charge is 2.13. The average molecular weight is 337 g/mol. The topological polar surface area (TPSA) is 35.5 Å². The van der Waals surface area contributed by atoms with Gasteiger partial charge in [-0.05, 0) is 48.2 Å². The summed E-state index contributed by atoms with van der Waals surface area (Å²) in [5.74, 6) is -0.586. The molecule has 0 bridgehead atoms. The van der Waals surface area contributed by atoms with Crippen LogP contribution in [0.5, 0.6) is 11.5 Å². The van der Waals surface area contributed by atoms with Crippen LogP contribution < -0.4 is 9.47 Å². The van der Waals surface area contributed by atoms with Gasteiger partial charge in [-0.15, -0.1) is 0 Å². The minimum atomic E-state index is -0.671. The first-order chi connectivity index (χ1) is 10.9. The number of hydrogen-bond donors (Lipinski definition) is 0. The summed E-state index contributed by atoms with van der Waals surface area (Å²) in [5, 5.41) is 0.666. The largest absolute Gasteiger partial charge is 0.482 e. The maximum Gasteiger partial charge on any atom is 0.349 e. The first kappa shape index (κ1) is 17.3. The molecule has 0 aromatic heterocycles. The van der Waals surface area contributed by atoms with Gasteiger partial charge >= 0.3 is 5.97 Å². The smallest absolute Gasteiger partial charge is 0.349 e. The molecule has 2 aromatic carbocycles. The van der Waals surface area contributed by atoms with Crippen molar-refractivity contribution in [3.8, 4) is 11.5 Å². The van der Waals surface area contributed by atoms with Crippen LogP contribution in [0.15, 0.2) is 36.4 Å². The number of para-hydroxylation sites is 1. The van der Waals surface area contributed by atoms with E-state index < -0.39 is 11.8 Å². The van der Waals surface area contributed by atoms with Crippen molar-refractivity contribution in [1.29, 1.82) is 0 Å². The average Bonchev–Trinajstić information content (AvgIpc) is 2.48. The third-order valence-electron chi connectivity index (χ3n) is 3.32. The second kappa shape index (κ2) is 7.47. The van der Waals surface area contributed by atoms with Gasteiger partial charge in [0, 0.05) is 5.02 Å². The van der Waals surface area contributed by atoms with Crippen LogP contribution in [0.1, 0.15) is 30.9 Å². The monoisotopic (exact) mass is 336 g/mol. The highest BCUT2D eigenvalue weighted by molar-refractivity contribution is 6.31. The lowest BCUT2D eigenvalue weighted by Gasteiger charge is -2.14. The molecule has 0 saturated carbocycles. The summed E-state index contributed by atoms with van der Waals surface area (Å²) >= 11 is 6.20. The third-order valence-corrected chi connectivity index (χ3v) is 3.65. The second-order valence-corrected chi connectivity index (χ2v) is 5.89. The molecule has 122 valence electrons. The molecule has 0 aliphatic carbocycles. The van der Waals surface area contributed by atoms with Crippen molar-refractivity contribution in [1.82, 2.24) is 0 Å². The number of halogens is 2. The molecule has 2 aromatic rings. The minimum Gasteiger partial charge on any atom is -0.482 e. The van der Waals surface area contributed by atoms with Crippen LogP contribution in [0.25, 0.3) is 0 Å². The molecule has 0 fully saturated rings. The number of rotatable bonds is 5. The van der Waals surface area contributed by atoms with Gasteiger partial charge in [-0.25, -0.2) is 9.18 Å². The molecular formula is C18H18ClFO3. The van der Waals surface area contributed by atoms with E-state index in [0.29, 0.717) is 10.8 Å². The molecule has 0 aliphatic rings. The van der Waals surface area contributed by atoms with Crippen LogP contribution in [-0.2, 0) is 4.79 Å². The number of hydrogen-bond acceptors (Lipinski definition) is 3. The number of benzene rings is 2. The molecule has 0 aliphatic heterocycles. The third kappa shape index (κ3) is 4.45. The highest BCUT2D eigenvalue weighted by Crippen LogP contribution is 2.31. The Labute approximate surface area is 140 Å². The van der Waals surface area contributed by atoms with Gasteiger partial charge in [-0.1, -0.05) is 37.6 Å². The predicted octanol–water partition coefficient (Wildman–Crippen LogP) is 4.90. The van der Waals surface area contributed by atoms with E-state index in [1.54, 1.807) is 12.1 Å². The van der Waals surface area contributed by atoms with Gasteiger partial charge in [0.25, 0.3) is 0 Å². The van der Waals surface area contributed by atoms with Crippen LogP contribution >= 0.6 is 11.6 Å². The fourth-order valence-electron chi connectivity index (χ4n) is 2.08. The van der Waals surface area contributed by atoms with Crippen LogP contribution in [0.4, 0.5) is 4.39 Å². The summed E-state index contributed by atoms with van der Waals surface area (Å²) in [5.41, 5.74) is 1.76. The van der Waals surface area contributed by atoms with Crippen molar-refractivity contribution in [2.75, 3.05) is 6.61 Å². The van der Waals surface area contributed by atoms with Gasteiger partial charge in [-0.2, -0.15) is 0 Å². The Morgan fingerprint density at radius 2 is 1.91 bits per heavy atom. The molecule has 0 N–H and O–H groups in total. The zero-order valence-electron chi connectivity index (χ0n) is 13.2. The molecule has 0 heterocycles. The fourth-order valence-corrected chi connectivity index (χ4v) is 2.52. The Morgan fingerprint density at radius 1 is 1.22 bits per heavy atom. The Bertz CT molecular complexity index is 713. The van der Waals surface area contributed by atoms with Crippen LogP contribution in [0, 0.1) is 12.7 Å². The second-order valence-electron chi connectivity index (χ2n) is 5.49. The van der Waals surface area contributed by atoms with Crippen LogP contribution in [0.3, 0.4) is 0 Å². The molecule has 23 heavy (non-hydrogen) atoms. The van der Waals surface area contributed by atoms with Gasteiger partial charge in [0.05, 0.1) is 0 Å². The van der Waals surface area contributed by atoms with Gasteiger partial charge in [-0.3, -0.25) is 0 Å². The number of esters is 1. The van der Waals surface area contributed by atoms with Gasteiger partial charge < -0.3 is 9.47 Å². The standard InChI is InChI=1S/C18H18ClFO3/c1-11(2)13-9-17(12(3)8-14(13)19)22-10-18(21)23-16-7-5-4-6-15(16)20/h4-9,11H,10H2,1-3H3. The van der Waals surface area contributed by atoms with Gasteiger partial charge in [0.1, 0.15) is 5.75 Å². The first-order valence-electron chi connectivity index (χ1n) is 7.26. The van der Waals surface area contributed by atoms with E-state index in [9.17, 15) is 9.18 Å². The lowest BCUT2D eigenvalue weighted by molar-refractivity contribution is -0.136. The lowest BCUT2D eigenvalue weighted by atomic mass is 10.0. The molecular weight excluding hydrogens is 319 g/mol. The Morgan fingerprint density at radius 3 is 2.57 bits per heavy atom. The van der Waals surface area contributed by atoms with Crippen LogP contribution in [0.2, 0.25) is 5.02 Å². The number of ether oxygens (including phenoxy) is 2. The Kier molecular flexibility index (Phi) is 5.61. The molecule has 2 rings (SSSR count). The normalized spacial score (nSPS) is 10.7. The SMILES string of the molecule is Cc1cc(Cl)c(C(C)C)cc1OCC(=O)Oc1ccccc1F. The van der Waals surface area contributed by atoms with Crippen molar-refractivity contribution in [3.63, 3.8) is 0 Å². The molecule has 3 nitrogen and oxygen atoms in total. The van der Waals surface area contributed by atoms with Crippen molar-refractivity contribution in [2.45, 2.75) is 26.7 Å². The van der Waals surface area contributed by atoms with Gasteiger partial charge in [0.15, 0.2) is 18.2 Å². The maximum absolute atomic E-state index is 13.4. The molecule has 0 spiro atoms. The first-order valence-corrected chi connectivity index (χ1v) is 7.64. The molecule has 0 atom stereocenters. The molecule has 0 saturated heterocycles. The predicted molar refractivity (Wildman–Crippen MR) is 87.8 cm³/mol. The number of aryl methyl sites for hydroxylation is 1. The molecule has 0 amide bonds. The molecule has 5 heteroatoms. The van der Waals surface area contributed by atoms with E-state index >= 15 is 0 Å². The zero-order chi connectivity index (χ0) is 17.0. The summed E-state index contributed by atoms with van der Waals surface area (Å²) in [6.45, 7) is 5.57. The number of carbonyl (C=O) groups is 1. The highest BCUT2D eigenvalue weighted by atomic mass is 35.5. The summed E-state index contributed by atoms with van der Waals surface area (Å²) in [6, 6.07) is 9.34.